The Labute approximate surface area is 137 Å². The fourth-order valence-electron chi connectivity index (χ4n) is 2.27. The van der Waals surface area contributed by atoms with Crippen molar-refractivity contribution in [3.05, 3.63) is 59.4 Å². The summed E-state index contributed by atoms with van der Waals surface area (Å²) in [4.78, 5) is 0. The molecule has 0 fully saturated rings. The van der Waals surface area contributed by atoms with Gasteiger partial charge in [-0.3, -0.25) is 0 Å². The minimum absolute atomic E-state index is 0.195. The van der Waals surface area contributed by atoms with Gasteiger partial charge in [0.2, 0.25) is 0 Å². The average molecular weight is 317 g/mol. The summed E-state index contributed by atoms with van der Waals surface area (Å²) in [5, 5.41) is 3.39. The van der Waals surface area contributed by atoms with Crippen LogP contribution in [0.2, 0.25) is 0 Å². The highest BCUT2D eigenvalue weighted by molar-refractivity contribution is 5.42. The van der Waals surface area contributed by atoms with E-state index in [0.29, 0.717) is 6.61 Å². The van der Waals surface area contributed by atoms with Gasteiger partial charge < -0.3 is 14.8 Å². The van der Waals surface area contributed by atoms with E-state index < -0.39 is 0 Å². The molecule has 0 heterocycles. The predicted octanol–water partition coefficient (Wildman–Crippen LogP) is 3.96. The van der Waals surface area contributed by atoms with Crippen molar-refractivity contribution in [1.82, 2.24) is 5.32 Å². The highest BCUT2D eigenvalue weighted by atomic mass is 19.1. The molecule has 0 aliphatic rings. The highest BCUT2D eigenvalue weighted by Gasteiger charge is 2.05. The van der Waals surface area contributed by atoms with Gasteiger partial charge in [0.15, 0.2) is 11.5 Å². The summed E-state index contributed by atoms with van der Waals surface area (Å²) >= 11 is 0. The van der Waals surface area contributed by atoms with Crippen molar-refractivity contribution in [2.75, 3.05) is 20.3 Å². The Morgan fingerprint density at radius 3 is 2.43 bits per heavy atom. The Morgan fingerprint density at radius 1 is 1.00 bits per heavy atom. The fourth-order valence-corrected chi connectivity index (χ4v) is 2.27. The normalized spacial score (nSPS) is 10.6. The maximum Gasteiger partial charge on any atom is 0.161 e. The van der Waals surface area contributed by atoms with Crippen LogP contribution < -0.4 is 14.8 Å². The first kappa shape index (κ1) is 17.3. The third-order valence-corrected chi connectivity index (χ3v) is 3.52. The van der Waals surface area contributed by atoms with Crippen LogP contribution in [0, 0.1) is 5.82 Å². The molecule has 2 aromatic carbocycles. The van der Waals surface area contributed by atoms with Gasteiger partial charge in [0, 0.05) is 6.54 Å². The number of rotatable bonds is 9. The van der Waals surface area contributed by atoms with Gasteiger partial charge in [0.05, 0.1) is 13.7 Å². The molecule has 124 valence electrons. The average Bonchev–Trinajstić information content (AvgIpc) is 2.58. The monoisotopic (exact) mass is 317 g/mol. The Morgan fingerprint density at radius 2 is 1.74 bits per heavy atom. The first-order chi connectivity index (χ1) is 11.2. The zero-order valence-corrected chi connectivity index (χ0v) is 13.8. The maximum atomic E-state index is 12.8. The van der Waals surface area contributed by atoms with Gasteiger partial charge in [-0.05, 0) is 54.8 Å². The van der Waals surface area contributed by atoms with Gasteiger partial charge >= 0.3 is 0 Å². The van der Waals surface area contributed by atoms with E-state index in [4.69, 9.17) is 9.47 Å². The minimum atomic E-state index is -0.195. The van der Waals surface area contributed by atoms with Crippen molar-refractivity contribution >= 4 is 0 Å². The van der Waals surface area contributed by atoms with Crippen LogP contribution in [0.3, 0.4) is 0 Å². The van der Waals surface area contributed by atoms with E-state index in [9.17, 15) is 4.39 Å². The number of hydrogen-bond donors (Lipinski definition) is 1. The summed E-state index contributed by atoms with van der Waals surface area (Å²) in [6.45, 7) is 4.35. The number of methoxy groups -OCH3 is 1. The summed E-state index contributed by atoms with van der Waals surface area (Å²) in [6, 6.07) is 12.6. The predicted molar refractivity (Wildman–Crippen MR) is 90.6 cm³/mol. The molecule has 0 amide bonds. The molecule has 23 heavy (non-hydrogen) atoms. The molecule has 0 atom stereocenters. The molecule has 0 spiro atoms. The van der Waals surface area contributed by atoms with Crippen molar-refractivity contribution < 1.29 is 13.9 Å². The minimum Gasteiger partial charge on any atom is -0.493 e. The van der Waals surface area contributed by atoms with Gasteiger partial charge in [-0.2, -0.15) is 0 Å². The Kier molecular flexibility index (Phi) is 6.88. The van der Waals surface area contributed by atoms with E-state index in [1.54, 1.807) is 7.11 Å². The first-order valence-corrected chi connectivity index (χ1v) is 7.97. The Hall–Kier alpha value is -2.07. The van der Waals surface area contributed by atoms with E-state index in [0.717, 1.165) is 48.6 Å². The van der Waals surface area contributed by atoms with Crippen LogP contribution in [0.4, 0.5) is 4.39 Å². The van der Waals surface area contributed by atoms with Crippen molar-refractivity contribution in [3.63, 3.8) is 0 Å². The van der Waals surface area contributed by atoms with E-state index in [-0.39, 0.29) is 5.82 Å². The van der Waals surface area contributed by atoms with Crippen molar-refractivity contribution in [3.8, 4) is 11.5 Å². The molecule has 0 bridgehead atoms. The van der Waals surface area contributed by atoms with Crippen LogP contribution in [0.5, 0.6) is 11.5 Å². The number of ether oxygens (including phenoxy) is 2. The van der Waals surface area contributed by atoms with Gasteiger partial charge in [-0.15, -0.1) is 0 Å². The second kappa shape index (κ2) is 9.16. The van der Waals surface area contributed by atoms with Gasteiger partial charge in [0.1, 0.15) is 5.82 Å². The molecule has 1 N–H and O–H groups in total. The number of nitrogens with one attached hydrogen (secondary N) is 1. The quantitative estimate of drug-likeness (QED) is 0.710. The lowest BCUT2D eigenvalue weighted by Gasteiger charge is -2.12. The lowest BCUT2D eigenvalue weighted by Crippen LogP contribution is -2.16. The molecule has 4 heteroatoms. The zero-order valence-electron chi connectivity index (χ0n) is 13.8. The SMILES string of the molecule is CCCOc1ccc(CNCCc2ccc(F)cc2)cc1OC. The maximum absolute atomic E-state index is 12.8. The molecule has 2 aromatic rings. The second-order valence-electron chi connectivity index (χ2n) is 5.39. The van der Waals surface area contributed by atoms with E-state index >= 15 is 0 Å². The van der Waals surface area contributed by atoms with Crippen LogP contribution in [-0.2, 0) is 13.0 Å². The van der Waals surface area contributed by atoms with E-state index in [2.05, 4.69) is 12.2 Å². The van der Waals surface area contributed by atoms with Crippen LogP contribution in [-0.4, -0.2) is 20.3 Å². The van der Waals surface area contributed by atoms with Gasteiger partial charge in [-0.1, -0.05) is 25.1 Å². The summed E-state index contributed by atoms with van der Waals surface area (Å²) < 4.78 is 23.9. The Bertz CT molecular complexity index is 599. The molecular formula is C19H24FNO2. The van der Waals surface area contributed by atoms with Crippen LogP contribution in [0.1, 0.15) is 24.5 Å². The van der Waals surface area contributed by atoms with Crippen molar-refractivity contribution in [2.24, 2.45) is 0 Å². The largest absolute Gasteiger partial charge is 0.493 e. The number of benzene rings is 2. The van der Waals surface area contributed by atoms with Crippen LogP contribution >= 0.6 is 0 Å². The standard InChI is InChI=1S/C19H24FNO2/c1-3-12-23-18-9-6-16(13-19(18)22-2)14-21-11-10-15-4-7-17(20)8-5-15/h4-9,13,21H,3,10-12,14H2,1-2H3. The first-order valence-electron chi connectivity index (χ1n) is 7.97. The molecule has 0 saturated heterocycles. The van der Waals surface area contributed by atoms with E-state index in [1.807, 2.05) is 30.3 Å². The molecule has 0 aromatic heterocycles. The lowest BCUT2D eigenvalue weighted by molar-refractivity contribution is 0.294. The molecule has 2 rings (SSSR count). The Balaban J connectivity index is 1.82. The molecule has 0 saturated carbocycles. The zero-order chi connectivity index (χ0) is 16.5. The second-order valence-corrected chi connectivity index (χ2v) is 5.39. The highest BCUT2D eigenvalue weighted by Crippen LogP contribution is 2.28. The topological polar surface area (TPSA) is 30.5 Å². The van der Waals surface area contributed by atoms with Crippen molar-refractivity contribution in [2.45, 2.75) is 26.3 Å². The van der Waals surface area contributed by atoms with Crippen LogP contribution in [0.25, 0.3) is 0 Å². The third-order valence-electron chi connectivity index (χ3n) is 3.52. The third kappa shape index (κ3) is 5.57. The molecular weight excluding hydrogens is 293 g/mol. The summed E-state index contributed by atoms with van der Waals surface area (Å²) in [6.07, 6.45) is 1.84. The van der Waals surface area contributed by atoms with E-state index in [1.165, 1.54) is 12.1 Å². The fraction of sp³-hybridized carbons (Fsp3) is 0.368. The van der Waals surface area contributed by atoms with Gasteiger partial charge in [-0.25, -0.2) is 4.39 Å². The lowest BCUT2D eigenvalue weighted by atomic mass is 10.1. The van der Waals surface area contributed by atoms with Gasteiger partial charge in [0.25, 0.3) is 0 Å². The molecule has 0 unspecified atom stereocenters. The number of hydrogen-bond acceptors (Lipinski definition) is 3. The summed E-state index contributed by atoms with van der Waals surface area (Å²) in [7, 11) is 1.65. The molecule has 0 aliphatic heterocycles. The molecule has 0 radical (unpaired) electrons. The summed E-state index contributed by atoms with van der Waals surface area (Å²) in [5.41, 5.74) is 2.27. The smallest absolute Gasteiger partial charge is 0.161 e. The van der Waals surface area contributed by atoms with Crippen LogP contribution in [0.15, 0.2) is 42.5 Å². The van der Waals surface area contributed by atoms with Crippen molar-refractivity contribution in [1.29, 1.82) is 0 Å². The number of halogens is 1. The molecule has 3 nitrogen and oxygen atoms in total. The molecule has 0 aliphatic carbocycles. The summed E-state index contributed by atoms with van der Waals surface area (Å²) in [5.74, 6) is 1.35.